The molecule has 0 fully saturated rings. The zero-order valence-corrected chi connectivity index (χ0v) is 12.8. The molecule has 0 saturated carbocycles. The summed E-state index contributed by atoms with van der Waals surface area (Å²) in [7, 11) is 0. The predicted molar refractivity (Wildman–Crippen MR) is 76.4 cm³/mol. The maximum Gasteiger partial charge on any atom is 0.0639 e. The van der Waals surface area contributed by atoms with E-state index in [1.165, 1.54) is 0 Å². The van der Waals surface area contributed by atoms with Crippen molar-refractivity contribution in [2.45, 2.75) is 39.5 Å². The second kappa shape index (κ2) is 6.74. The highest BCUT2D eigenvalue weighted by atomic mass is 79.9. The highest BCUT2D eigenvalue weighted by Crippen LogP contribution is 2.23. The van der Waals surface area contributed by atoms with Crippen molar-refractivity contribution in [3.63, 3.8) is 0 Å². The van der Waals surface area contributed by atoms with Crippen LogP contribution < -0.4 is 0 Å². The lowest BCUT2D eigenvalue weighted by atomic mass is 10.1. The fourth-order valence-corrected chi connectivity index (χ4v) is 2.40. The van der Waals surface area contributed by atoms with Gasteiger partial charge < -0.3 is 5.11 Å². The van der Waals surface area contributed by atoms with Gasteiger partial charge in [0, 0.05) is 28.6 Å². The van der Waals surface area contributed by atoms with Crippen LogP contribution in [0, 0.1) is 0 Å². The first-order valence-electron chi connectivity index (χ1n) is 5.76. The van der Waals surface area contributed by atoms with Gasteiger partial charge in [0.25, 0.3) is 0 Å². The quantitative estimate of drug-likeness (QED) is 0.894. The van der Waals surface area contributed by atoms with Gasteiger partial charge in [0.1, 0.15) is 0 Å². The van der Waals surface area contributed by atoms with Crippen molar-refractivity contribution in [1.29, 1.82) is 0 Å². The molecule has 4 heteroatoms. The van der Waals surface area contributed by atoms with Crippen LogP contribution in [0.3, 0.4) is 0 Å². The Morgan fingerprint density at radius 1 is 1.35 bits per heavy atom. The van der Waals surface area contributed by atoms with Gasteiger partial charge in [0.2, 0.25) is 0 Å². The molecule has 0 saturated heterocycles. The number of halogens is 2. The van der Waals surface area contributed by atoms with Crippen LogP contribution in [0.4, 0.5) is 0 Å². The molecular formula is C13H19BrClNO. The van der Waals surface area contributed by atoms with E-state index in [1.807, 2.05) is 18.2 Å². The van der Waals surface area contributed by atoms with Gasteiger partial charge in [-0.2, -0.15) is 0 Å². The van der Waals surface area contributed by atoms with Gasteiger partial charge >= 0.3 is 0 Å². The summed E-state index contributed by atoms with van der Waals surface area (Å²) < 4.78 is 0.984. The maximum absolute atomic E-state index is 9.48. The Bertz CT molecular complexity index is 368. The van der Waals surface area contributed by atoms with Gasteiger partial charge in [0.15, 0.2) is 0 Å². The molecule has 0 aliphatic heterocycles. The van der Waals surface area contributed by atoms with Crippen LogP contribution in [-0.2, 0) is 6.54 Å². The zero-order chi connectivity index (χ0) is 13.0. The van der Waals surface area contributed by atoms with E-state index in [1.54, 1.807) is 6.92 Å². The summed E-state index contributed by atoms with van der Waals surface area (Å²) in [5.74, 6) is 0. The third-order valence-electron chi connectivity index (χ3n) is 2.62. The number of aliphatic hydroxyl groups is 1. The highest BCUT2D eigenvalue weighted by Gasteiger charge is 2.14. The SMILES string of the molecule is CC(O)CN(Cc1ccc(Br)cc1Cl)C(C)C. The highest BCUT2D eigenvalue weighted by molar-refractivity contribution is 9.10. The van der Waals surface area contributed by atoms with Crippen LogP contribution in [-0.4, -0.2) is 28.7 Å². The molecule has 1 aromatic rings. The van der Waals surface area contributed by atoms with Crippen molar-refractivity contribution in [2.75, 3.05) is 6.54 Å². The first kappa shape index (κ1) is 15.0. The van der Waals surface area contributed by atoms with Crippen LogP contribution in [0.25, 0.3) is 0 Å². The predicted octanol–water partition coefficient (Wildman–Crippen LogP) is 3.69. The van der Waals surface area contributed by atoms with E-state index in [0.717, 1.165) is 21.6 Å². The number of hydrogen-bond donors (Lipinski definition) is 1. The molecule has 1 N–H and O–H groups in total. The van der Waals surface area contributed by atoms with Crippen molar-refractivity contribution in [3.8, 4) is 0 Å². The Kier molecular flexibility index (Phi) is 5.93. The minimum absolute atomic E-state index is 0.327. The lowest BCUT2D eigenvalue weighted by Crippen LogP contribution is -2.36. The molecule has 0 radical (unpaired) electrons. The molecule has 0 spiro atoms. The molecule has 0 aromatic heterocycles. The first-order valence-corrected chi connectivity index (χ1v) is 6.93. The average molecular weight is 321 g/mol. The normalized spacial score (nSPS) is 13.4. The van der Waals surface area contributed by atoms with Crippen molar-refractivity contribution in [3.05, 3.63) is 33.3 Å². The van der Waals surface area contributed by atoms with Gasteiger partial charge in [-0.15, -0.1) is 0 Å². The first-order chi connectivity index (χ1) is 7.90. The van der Waals surface area contributed by atoms with Gasteiger partial charge in [-0.1, -0.05) is 33.6 Å². The minimum Gasteiger partial charge on any atom is -0.392 e. The largest absolute Gasteiger partial charge is 0.392 e. The van der Waals surface area contributed by atoms with Gasteiger partial charge in [-0.25, -0.2) is 0 Å². The van der Waals surface area contributed by atoms with Crippen LogP contribution in [0.5, 0.6) is 0 Å². The third kappa shape index (κ3) is 4.96. The Hall–Kier alpha value is -0.0900. The van der Waals surface area contributed by atoms with Crippen molar-refractivity contribution in [1.82, 2.24) is 4.90 Å². The molecule has 0 aliphatic rings. The smallest absolute Gasteiger partial charge is 0.0639 e. The van der Waals surface area contributed by atoms with E-state index in [0.29, 0.717) is 12.6 Å². The van der Waals surface area contributed by atoms with Crippen LogP contribution in [0.15, 0.2) is 22.7 Å². The zero-order valence-electron chi connectivity index (χ0n) is 10.5. The second-order valence-corrected chi connectivity index (χ2v) is 5.93. The molecule has 17 heavy (non-hydrogen) atoms. The summed E-state index contributed by atoms with van der Waals surface area (Å²) in [5.41, 5.74) is 1.09. The molecule has 1 rings (SSSR count). The number of aliphatic hydroxyl groups excluding tert-OH is 1. The topological polar surface area (TPSA) is 23.5 Å². The van der Waals surface area contributed by atoms with Crippen molar-refractivity contribution < 1.29 is 5.11 Å². The van der Waals surface area contributed by atoms with Gasteiger partial charge in [-0.3, -0.25) is 4.90 Å². The number of benzene rings is 1. The van der Waals surface area contributed by atoms with Gasteiger partial charge in [-0.05, 0) is 38.5 Å². The van der Waals surface area contributed by atoms with Gasteiger partial charge in [0.05, 0.1) is 6.10 Å². The van der Waals surface area contributed by atoms with Crippen molar-refractivity contribution in [2.24, 2.45) is 0 Å². The lowest BCUT2D eigenvalue weighted by Gasteiger charge is -2.28. The van der Waals surface area contributed by atoms with Crippen LogP contribution in [0.1, 0.15) is 26.3 Å². The van der Waals surface area contributed by atoms with E-state index >= 15 is 0 Å². The van der Waals surface area contributed by atoms with Crippen LogP contribution >= 0.6 is 27.5 Å². The fraction of sp³-hybridized carbons (Fsp3) is 0.538. The molecule has 1 atom stereocenters. The molecule has 2 nitrogen and oxygen atoms in total. The second-order valence-electron chi connectivity index (χ2n) is 4.61. The lowest BCUT2D eigenvalue weighted by molar-refractivity contribution is 0.103. The summed E-state index contributed by atoms with van der Waals surface area (Å²) >= 11 is 9.59. The Morgan fingerprint density at radius 2 is 2.00 bits per heavy atom. The number of hydrogen-bond acceptors (Lipinski definition) is 2. The van der Waals surface area contributed by atoms with Crippen molar-refractivity contribution >= 4 is 27.5 Å². The molecule has 0 bridgehead atoms. The molecule has 96 valence electrons. The summed E-state index contributed by atoms with van der Waals surface area (Å²) in [6, 6.07) is 6.29. The summed E-state index contributed by atoms with van der Waals surface area (Å²) in [6.45, 7) is 7.46. The number of rotatable bonds is 5. The molecule has 0 aliphatic carbocycles. The fourth-order valence-electron chi connectivity index (χ4n) is 1.67. The van der Waals surface area contributed by atoms with E-state index in [4.69, 9.17) is 11.6 Å². The average Bonchev–Trinajstić information content (AvgIpc) is 2.19. The summed E-state index contributed by atoms with van der Waals surface area (Å²) in [6.07, 6.45) is -0.327. The van der Waals surface area contributed by atoms with E-state index in [2.05, 4.69) is 34.7 Å². The van der Waals surface area contributed by atoms with E-state index < -0.39 is 0 Å². The summed E-state index contributed by atoms with van der Waals surface area (Å²) in [5, 5.41) is 10.2. The standard InChI is InChI=1S/C13H19BrClNO/c1-9(2)16(7-10(3)17)8-11-4-5-12(14)6-13(11)15/h4-6,9-10,17H,7-8H2,1-3H3. The number of nitrogens with zero attached hydrogens (tertiary/aromatic N) is 1. The molecule has 0 heterocycles. The van der Waals surface area contributed by atoms with E-state index in [9.17, 15) is 5.11 Å². The molecule has 1 aromatic carbocycles. The Morgan fingerprint density at radius 3 is 2.47 bits per heavy atom. The minimum atomic E-state index is -0.327. The molecule has 0 amide bonds. The third-order valence-corrected chi connectivity index (χ3v) is 3.46. The Labute approximate surface area is 117 Å². The van der Waals surface area contributed by atoms with Crippen LogP contribution in [0.2, 0.25) is 5.02 Å². The maximum atomic E-state index is 9.48. The Balaban J connectivity index is 2.78. The molecule has 1 unspecified atom stereocenters. The molecular weight excluding hydrogens is 302 g/mol. The summed E-state index contributed by atoms with van der Waals surface area (Å²) in [4.78, 5) is 2.21. The monoisotopic (exact) mass is 319 g/mol. The van der Waals surface area contributed by atoms with E-state index in [-0.39, 0.29) is 6.10 Å².